The molecule has 0 N–H and O–H groups in total. The molecular weight excluding hydrogens is 812 g/mol. The van der Waals surface area contributed by atoms with Crippen molar-refractivity contribution in [2.75, 3.05) is 0 Å². The van der Waals surface area contributed by atoms with Gasteiger partial charge in [0.2, 0.25) is 0 Å². The Morgan fingerprint density at radius 1 is 0.340 bits per heavy atom. The molecule has 236 valence electrons. The van der Waals surface area contributed by atoms with Gasteiger partial charge < -0.3 is 0 Å². The van der Waals surface area contributed by atoms with E-state index in [2.05, 4.69) is 211 Å². The molecule has 0 fully saturated rings. The summed E-state index contributed by atoms with van der Waals surface area (Å²) in [4.78, 5) is 0. The van der Waals surface area contributed by atoms with Crippen LogP contribution in [0, 0.1) is 13.0 Å². The monoisotopic (exact) mass is 848 g/mol. The van der Waals surface area contributed by atoms with Crippen LogP contribution in [0.2, 0.25) is 0 Å². The Morgan fingerprint density at radius 2 is 0.532 bits per heavy atom. The van der Waals surface area contributed by atoms with Gasteiger partial charge in [-0.3, -0.25) is 0 Å². The molecule has 0 heterocycles. The molecule has 7 aromatic rings. The van der Waals surface area contributed by atoms with Crippen molar-refractivity contribution in [3.05, 3.63) is 218 Å². The van der Waals surface area contributed by atoms with Crippen molar-refractivity contribution in [3.8, 4) is 0 Å². The van der Waals surface area contributed by atoms with Gasteiger partial charge >= 0.3 is 35.1 Å². The summed E-state index contributed by atoms with van der Waals surface area (Å²) in [6.07, 6.45) is 0. The second-order valence-corrected chi connectivity index (χ2v) is 14.7. The Bertz CT molecular complexity index is 1470. The van der Waals surface area contributed by atoms with E-state index in [-0.39, 0.29) is 0 Å². The van der Waals surface area contributed by atoms with Gasteiger partial charge in [-0.2, -0.15) is 35.9 Å². The fraction of sp³-hybridized carbons (Fsp3) is 0.0233. The van der Waals surface area contributed by atoms with Crippen molar-refractivity contribution >= 4 is 67.2 Å². The second kappa shape index (κ2) is 21.6. The van der Waals surface area contributed by atoms with Gasteiger partial charge in [0.05, 0.1) is 0 Å². The minimum absolute atomic E-state index is 0.446. The first-order valence-electron chi connectivity index (χ1n) is 15.2. The molecule has 0 aliphatic heterocycles. The van der Waals surface area contributed by atoms with Crippen molar-refractivity contribution in [1.82, 2.24) is 0 Å². The minimum atomic E-state index is -0.446. The van der Waals surface area contributed by atoms with E-state index in [1.165, 1.54) is 37.4 Å². The van der Waals surface area contributed by atoms with Crippen LogP contribution in [-0.2, 0) is 15.6 Å². The average molecular weight is 849 g/mol. The van der Waals surface area contributed by atoms with Crippen LogP contribution in [0.5, 0.6) is 0 Å². The van der Waals surface area contributed by atoms with Crippen LogP contribution in [0.3, 0.4) is 0 Å². The zero-order chi connectivity index (χ0) is 32.9. The fourth-order valence-corrected chi connectivity index (χ4v) is 9.44. The first kappa shape index (κ1) is 36.6. The summed E-state index contributed by atoms with van der Waals surface area (Å²) < 4.78 is 0. The van der Waals surface area contributed by atoms with Gasteiger partial charge in [-0.15, -0.1) is 0 Å². The first-order valence-corrected chi connectivity index (χ1v) is 22.6. The molecule has 0 atom stereocenters. The Hall–Kier alpha value is -3.21. The zero-order valence-electron chi connectivity index (χ0n) is 26.2. The van der Waals surface area contributed by atoms with Crippen LogP contribution in [0.15, 0.2) is 206 Å². The zero-order valence-corrected chi connectivity index (χ0v) is 31.7. The van der Waals surface area contributed by atoms with Crippen LogP contribution in [0.1, 0.15) is 5.56 Å². The third-order valence-corrected chi connectivity index (χ3v) is 11.9. The molecule has 4 heteroatoms. The number of benzene rings is 7. The molecule has 0 unspecified atom stereocenters. The molecule has 0 aliphatic rings. The normalized spacial score (nSPS) is 10.0. The summed E-state index contributed by atoms with van der Waals surface area (Å²) in [6, 6.07) is 75.5. The van der Waals surface area contributed by atoms with E-state index in [4.69, 9.17) is 0 Å². The Morgan fingerprint density at radius 3 is 0.681 bits per heavy atom. The number of aryl methyl sites for hydroxylation is 1. The largest absolute Gasteiger partial charge is 0.0622 e. The predicted octanol–water partition coefficient (Wildman–Crippen LogP) is 9.57. The summed E-state index contributed by atoms with van der Waals surface area (Å²) in [7, 11) is -0.892. The van der Waals surface area contributed by atoms with Crippen LogP contribution in [0.25, 0.3) is 0 Å². The van der Waals surface area contributed by atoms with E-state index < -0.39 is 15.8 Å². The summed E-state index contributed by atoms with van der Waals surface area (Å²) in [5.41, 5.74) is 1.29. The van der Waals surface area contributed by atoms with Gasteiger partial charge in [0, 0.05) is 0 Å². The number of rotatable bonds is 6. The van der Waals surface area contributed by atoms with Crippen LogP contribution in [0.4, 0.5) is 0 Å². The van der Waals surface area contributed by atoms with Gasteiger partial charge in [0.25, 0.3) is 0 Å². The maximum Gasteiger partial charge on any atom is -0.0134 e. The summed E-state index contributed by atoms with van der Waals surface area (Å²) >= 11 is 4.72. The van der Waals surface area contributed by atoms with Gasteiger partial charge in [-0.1, -0.05) is 189 Å². The molecular formula is C43H37IP2Pd. The summed E-state index contributed by atoms with van der Waals surface area (Å²) in [6.45, 7) is 2.06. The van der Waals surface area contributed by atoms with Crippen LogP contribution >= 0.6 is 35.4 Å². The van der Waals surface area contributed by atoms with Crippen molar-refractivity contribution in [2.45, 2.75) is 6.92 Å². The Kier molecular flexibility index (Phi) is 16.9. The minimum Gasteiger partial charge on any atom is -0.0622 e. The molecule has 0 saturated carbocycles. The van der Waals surface area contributed by atoms with E-state index in [0.717, 1.165) is 0 Å². The molecule has 7 aromatic carbocycles. The quantitative estimate of drug-likeness (QED) is 0.0678. The molecule has 7 rings (SSSR count). The molecule has 0 aromatic heterocycles. The number of halogens is 1. The predicted molar refractivity (Wildman–Crippen MR) is 214 cm³/mol. The van der Waals surface area contributed by atoms with Crippen molar-refractivity contribution in [1.29, 1.82) is 0 Å². The molecule has 0 spiro atoms. The van der Waals surface area contributed by atoms with E-state index in [1.807, 2.05) is 43.8 Å². The maximum absolute atomic E-state index is 2.93. The summed E-state index contributed by atoms with van der Waals surface area (Å²) in [5, 5.41) is 8.39. The van der Waals surface area contributed by atoms with Crippen LogP contribution < -0.4 is 31.8 Å². The molecule has 0 amide bonds. The van der Waals surface area contributed by atoms with Gasteiger partial charge in [-0.25, -0.2) is 0 Å². The molecule has 0 saturated heterocycles. The maximum atomic E-state index is 2.93. The number of hydrogen-bond donors (Lipinski definition) is 0. The molecule has 0 bridgehead atoms. The van der Waals surface area contributed by atoms with E-state index in [1.54, 1.807) is 0 Å². The molecule has 0 radical (unpaired) electrons. The average Bonchev–Trinajstić information content (AvgIpc) is 3.16. The SMILES string of the molecule is Cc1cc[c-]cc1.[Pd+][I].c1ccc(P(c2ccccc2)c2ccccc2)cc1.c1ccc(P(c2ccccc2)c2ccccc2)cc1. The topological polar surface area (TPSA) is 0 Å². The Labute approximate surface area is 305 Å². The number of hydrogen-bond acceptors (Lipinski definition) is 0. The van der Waals surface area contributed by atoms with Crippen LogP contribution in [-0.4, -0.2) is 0 Å². The smallest absolute Gasteiger partial charge is 0.0134 e. The third-order valence-electron chi connectivity index (χ3n) is 6.97. The van der Waals surface area contributed by atoms with Gasteiger partial charge in [-0.05, 0) is 47.7 Å². The van der Waals surface area contributed by atoms with Gasteiger partial charge in [0.1, 0.15) is 0 Å². The van der Waals surface area contributed by atoms with E-state index in [9.17, 15) is 0 Å². The molecule has 0 nitrogen and oxygen atoms in total. The van der Waals surface area contributed by atoms with E-state index in [0.29, 0.717) is 0 Å². The van der Waals surface area contributed by atoms with Gasteiger partial charge in [0.15, 0.2) is 0 Å². The van der Waals surface area contributed by atoms with Crippen molar-refractivity contribution in [2.24, 2.45) is 0 Å². The van der Waals surface area contributed by atoms with E-state index >= 15 is 0 Å². The van der Waals surface area contributed by atoms with Crippen molar-refractivity contribution in [3.63, 3.8) is 0 Å². The first-order chi connectivity index (χ1) is 23.3. The Balaban J connectivity index is 0.000000170. The standard InChI is InChI=1S/2C18H15P.C7H7.HI.Pd/c2*1-4-10-16(11-5-1)19(17-12-6-2-7-13-17)18-14-8-3-9-15-18;1-7-5-3-2-4-6-7;;/h2*1-15H;3-6H,1H3;1H;/q;;-1;;+2/p-1. The summed E-state index contributed by atoms with van der Waals surface area (Å²) in [5.74, 6) is 0. The molecule has 0 aliphatic carbocycles. The second-order valence-electron chi connectivity index (χ2n) is 10.3. The van der Waals surface area contributed by atoms with Crippen molar-refractivity contribution < 1.29 is 15.6 Å². The molecule has 47 heavy (non-hydrogen) atoms. The third kappa shape index (κ3) is 12.1. The fourth-order valence-electron chi connectivity index (χ4n) is 4.83.